The van der Waals surface area contributed by atoms with Gasteiger partial charge in [-0.3, -0.25) is 0 Å². The van der Waals surface area contributed by atoms with Crippen LogP contribution in [-0.4, -0.2) is 30.4 Å². The molecule has 0 aliphatic heterocycles. The second-order valence-electron chi connectivity index (χ2n) is 5.78. The number of aryl methyl sites for hydroxylation is 2. The van der Waals surface area contributed by atoms with Gasteiger partial charge in [-0.1, -0.05) is 18.2 Å². The molecule has 1 heterocycles. The van der Waals surface area contributed by atoms with Crippen molar-refractivity contribution in [1.29, 1.82) is 0 Å². The van der Waals surface area contributed by atoms with Gasteiger partial charge in [0.05, 0.1) is 17.2 Å². The number of ether oxygens (including phenoxy) is 1. The van der Waals surface area contributed by atoms with Gasteiger partial charge < -0.3 is 15.4 Å². The first kappa shape index (κ1) is 21.0. The molecule has 0 radical (unpaired) electrons. The van der Waals surface area contributed by atoms with Gasteiger partial charge in [0.1, 0.15) is 5.75 Å². The van der Waals surface area contributed by atoms with E-state index in [2.05, 4.69) is 25.3 Å². The maximum Gasteiger partial charge on any atom is 0.573 e. The Kier molecular flexibility index (Phi) is 7.46. The zero-order valence-electron chi connectivity index (χ0n) is 15.5. The first-order valence-corrected chi connectivity index (χ1v) is 9.39. The number of hydrogen-bond donors (Lipinski definition) is 2. The summed E-state index contributed by atoms with van der Waals surface area (Å²) >= 11 is 1.66. The Hall–Kier alpha value is -2.29. The molecule has 5 nitrogen and oxygen atoms in total. The van der Waals surface area contributed by atoms with Gasteiger partial charge >= 0.3 is 6.36 Å². The molecule has 2 rings (SSSR count). The lowest BCUT2D eigenvalue weighted by Crippen LogP contribution is -2.38. The lowest BCUT2D eigenvalue weighted by Gasteiger charge is -2.13. The molecule has 0 aliphatic rings. The summed E-state index contributed by atoms with van der Waals surface area (Å²) in [6.07, 6.45) is -3.98. The van der Waals surface area contributed by atoms with Crippen LogP contribution in [0.1, 0.15) is 28.1 Å². The number of aromatic nitrogens is 1. The fraction of sp³-hybridized carbons (Fsp3) is 0.444. The molecule has 0 unspecified atom stereocenters. The van der Waals surface area contributed by atoms with Crippen LogP contribution < -0.4 is 15.4 Å². The van der Waals surface area contributed by atoms with E-state index in [9.17, 15) is 13.2 Å². The maximum atomic E-state index is 12.5. The number of nitrogens with zero attached hydrogens (tertiary/aromatic N) is 2. The Morgan fingerprint density at radius 3 is 2.59 bits per heavy atom. The molecule has 0 bridgehead atoms. The van der Waals surface area contributed by atoms with Crippen LogP contribution in [0.5, 0.6) is 5.75 Å². The molecule has 2 aromatic rings. The zero-order valence-corrected chi connectivity index (χ0v) is 16.3. The summed E-state index contributed by atoms with van der Waals surface area (Å²) in [6.45, 7) is 7.27. The highest BCUT2D eigenvalue weighted by Crippen LogP contribution is 2.26. The Bertz CT molecular complexity index is 755. The van der Waals surface area contributed by atoms with Crippen LogP contribution in [0.2, 0.25) is 0 Å². The molecule has 0 saturated heterocycles. The van der Waals surface area contributed by atoms with Crippen molar-refractivity contribution in [1.82, 2.24) is 15.6 Å². The normalized spacial score (nSPS) is 12.1. The van der Waals surface area contributed by atoms with Crippen molar-refractivity contribution in [2.24, 2.45) is 4.99 Å². The van der Waals surface area contributed by atoms with Crippen molar-refractivity contribution in [3.05, 3.63) is 45.4 Å². The van der Waals surface area contributed by atoms with Gasteiger partial charge in [-0.2, -0.15) is 0 Å². The van der Waals surface area contributed by atoms with Crippen LogP contribution in [0.3, 0.4) is 0 Å². The maximum absolute atomic E-state index is 12.5. The number of halogens is 3. The van der Waals surface area contributed by atoms with E-state index in [1.165, 1.54) is 17.0 Å². The van der Waals surface area contributed by atoms with Crippen LogP contribution in [0.15, 0.2) is 29.3 Å². The van der Waals surface area contributed by atoms with Crippen LogP contribution >= 0.6 is 11.3 Å². The minimum absolute atomic E-state index is 0.0665. The molecule has 0 spiro atoms. The van der Waals surface area contributed by atoms with Crippen molar-refractivity contribution in [2.45, 2.75) is 40.1 Å². The van der Waals surface area contributed by atoms with Crippen molar-refractivity contribution < 1.29 is 17.9 Å². The minimum atomic E-state index is -4.73. The van der Waals surface area contributed by atoms with E-state index < -0.39 is 6.36 Å². The average molecular weight is 400 g/mol. The van der Waals surface area contributed by atoms with E-state index in [0.29, 0.717) is 24.6 Å². The first-order chi connectivity index (χ1) is 12.8. The van der Waals surface area contributed by atoms with Gasteiger partial charge in [0.15, 0.2) is 5.96 Å². The highest BCUT2D eigenvalue weighted by Gasteiger charge is 2.31. The van der Waals surface area contributed by atoms with E-state index in [1.807, 2.05) is 20.8 Å². The number of guanidine groups is 1. The standard InChI is InChI=1S/C18H23F3N4OS/c1-4-22-17(23-10-9-16-25-12(2)13(3)27-16)24-11-14-7-5-6-8-15(14)26-18(19,20)21/h5-8H,4,9-11H2,1-3H3,(H2,22,23,24). The monoisotopic (exact) mass is 400 g/mol. The summed E-state index contributed by atoms with van der Waals surface area (Å²) in [5, 5.41) is 7.30. The zero-order chi connectivity index (χ0) is 19.9. The van der Waals surface area contributed by atoms with Crippen LogP contribution in [0.25, 0.3) is 0 Å². The van der Waals surface area contributed by atoms with Crippen LogP contribution in [0.4, 0.5) is 13.2 Å². The first-order valence-electron chi connectivity index (χ1n) is 8.57. The Morgan fingerprint density at radius 2 is 1.96 bits per heavy atom. The fourth-order valence-electron chi connectivity index (χ4n) is 2.30. The Balaban J connectivity index is 1.98. The van der Waals surface area contributed by atoms with Gasteiger partial charge in [-0.05, 0) is 26.8 Å². The van der Waals surface area contributed by atoms with Crippen molar-refractivity contribution in [2.75, 3.05) is 13.1 Å². The summed E-state index contributed by atoms with van der Waals surface area (Å²) in [5.41, 5.74) is 1.40. The number of thiazole rings is 1. The SMILES string of the molecule is CCNC(=NCc1ccccc1OC(F)(F)F)NCCc1nc(C)c(C)s1. The molecular formula is C18H23F3N4OS. The number of nitrogens with one attached hydrogen (secondary N) is 2. The molecule has 0 saturated carbocycles. The third kappa shape index (κ3) is 7.09. The smallest absolute Gasteiger partial charge is 0.405 e. The molecule has 0 atom stereocenters. The van der Waals surface area contributed by atoms with E-state index in [1.54, 1.807) is 23.5 Å². The highest BCUT2D eigenvalue weighted by molar-refractivity contribution is 7.11. The number of benzene rings is 1. The largest absolute Gasteiger partial charge is 0.573 e. The number of para-hydroxylation sites is 1. The van der Waals surface area contributed by atoms with E-state index >= 15 is 0 Å². The number of hydrogen-bond acceptors (Lipinski definition) is 4. The summed E-state index contributed by atoms with van der Waals surface area (Å²) in [7, 11) is 0. The number of alkyl halides is 3. The van der Waals surface area contributed by atoms with Crippen LogP contribution in [0, 0.1) is 13.8 Å². The summed E-state index contributed by atoms with van der Waals surface area (Å²) in [6, 6.07) is 6.00. The van der Waals surface area contributed by atoms with E-state index in [-0.39, 0.29) is 12.3 Å². The summed E-state index contributed by atoms with van der Waals surface area (Å²) < 4.78 is 41.6. The van der Waals surface area contributed by atoms with E-state index in [0.717, 1.165) is 17.1 Å². The third-order valence-electron chi connectivity index (χ3n) is 3.65. The van der Waals surface area contributed by atoms with Gasteiger partial charge in [0.25, 0.3) is 0 Å². The second-order valence-corrected chi connectivity index (χ2v) is 7.06. The third-order valence-corrected chi connectivity index (χ3v) is 4.79. The van der Waals surface area contributed by atoms with Gasteiger partial charge in [0.2, 0.25) is 0 Å². The van der Waals surface area contributed by atoms with Gasteiger partial charge in [-0.15, -0.1) is 24.5 Å². The molecule has 0 fully saturated rings. The van der Waals surface area contributed by atoms with Crippen molar-refractivity contribution in [3.63, 3.8) is 0 Å². The van der Waals surface area contributed by atoms with Crippen molar-refractivity contribution in [3.8, 4) is 5.75 Å². The Labute approximate surface area is 160 Å². The van der Waals surface area contributed by atoms with E-state index in [4.69, 9.17) is 0 Å². The molecular weight excluding hydrogens is 377 g/mol. The average Bonchev–Trinajstić information content (AvgIpc) is 2.90. The molecule has 9 heteroatoms. The van der Waals surface area contributed by atoms with Gasteiger partial charge in [0, 0.05) is 30.0 Å². The van der Waals surface area contributed by atoms with Gasteiger partial charge in [-0.25, -0.2) is 9.98 Å². The fourth-order valence-corrected chi connectivity index (χ4v) is 3.23. The molecule has 2 N–H and O–H groups in total. The van der Waals surface area contributed by atoms with Crippen molar-refractivity contribution >= 4 is 17.3 Å². The minimum Gasteiger partial charge on any atom is -0.405 e. The predicted molar refractivity (Wildman–Crippen MR) is 101 cm³/mol. The number of rotatable bonds is 7. The molecule has 148 valence electrons. The number of aliphatic imine (C=N–C) groups is 1. The molecule has 1 aromatic carbocycles. The molecule has 1 aromatic heterocycles. The lowest BCUT2D eigenvalue weighted by atomic mass is 10.2. The predicted octanol–water partition coefficient (Wildman–Crippen LogP) is 3.96. The van der Waals surface area contributed by atoms with Crippen LogP contribution in [-0.2, 0) is 13.0 Å². The summed E-state index contributed by atoms with van der Waals surface area (Å²) in [4.78, 5) is 10.0. The molecule has 0 amide bonds. The topological polar surface area (TPSA) is 58.5 Å². The Morgan fingerprint density at radius 1 is 1.22 bits per heavy atom. The second kappa shape index (κ2) is 9.59. The summed E-state index contributed by atoms with van der Waals surface area (Å²) in [5.74, 6) is 0.294. The lowest BCUT2D eigenvalue weighted by molar-refractivity contribution is -0.274. The molecule has 27 heavy (non-hydrogen) atoms. The quantitative estimate of drug-likeness (QED) is 0.546. The highest BCUT2D eigenvalue weighted by atomic mass is 32.1. The molecule has 0 aliphatic carbocycles.